The highest BCUT2D eigenvalue weighted by Gasteiger charge is 2.04. The second-order valence-electron chi connectivity index (χ2n) is 3.72. The Morgan fingerprint density at radius 3 is 3.00 bits per heavy atom. The van der Waals surface area contributed by atoms with Crippen LogP contribution in [0.5, 0.6) is 5.75 Å². The van der Waals surface area contributed by atoms with E-state index in [1.807, 2.05) is 31.2 Å². The lowest BCUT2D eigenvalue weighted by Gasteiger charge is -2.04. The number of hydrogen-bond donors (Lipinski definition) is 1. The van der Waals surface area contributed by atoms with Gasteiger partial charge in [0.25, 0.3) is 0 Å². The van der Waals surface area contributed by atoms with Crippen LogP contribution < -0.4 is 10.5 Å². The zero-order valence-corrected chi connectivity index (χ0v) is 9.72. The van der Waals surface area contributed by atoms with E-state index in [1.54, 1.807) is 0 Å². The molecule has 0 saturated heterocycles. The maximum absolute atomic E-state index is 5.57. The minimum absolute atomic E-state index is 0.294. The summed E-state index contributed by atoms with van der Waals surface area (Å²) < 4.78 is 10.6. The highest BCUT2D eigenvalue weighted by Crippen LogP contribution is 2.12. The molecular weight excluding hydrogens is 218 g/mol. The number of hydrogen-bond acceptors (Lipinski definition) is 5. The van der Waals surface area contributed by atoms with Gasteiger partial charge in [0.15, 0.2) is 5.82 Å². The predicted molar refractivity (Wildman–Crippen MR) is 62.6 cm³/mol. The molecule has 1 heterocycles. The lowest BCUT2D eigenvalue weighted by Crippen LogP contribution is -2.02. The lowest BCUT2D eigenvalue weighted by molar-refractivity contribution is 0.291. The van der Waals surface area contributed by atoms with Gasteiger partial charge in [-0.2, -0.15) is 4.98 Å². The Morgan fingerprint density at radius 1 is 1.41 bits per heavy atom. The van der Waals surface area contributed by atoms with Crippen LogP contribution in [0.3, 0.4) is 0 Å². The SMILES string of the molecule is Cc1cccc(OCCc2nc(CN)no2)c1. The third-order valence-electron chi connectivity index (χ3n) is 2.27. The third-order valence-corrected chi connectivity index (χ3v) is 2.27. The standard InChI is InChI=1S/C12H15N3O2/c1-9-3-2-4-10(7-9)16-6-5-12-14-11(8-13)15-17-12/h2-4,7H,5-6,8,13H2,1H3. The molecule has 0 atom stereocenters. The second kappa shape index (κ2) is 5.45. The van der Waals surface area contributed by atoms with Gasteiger partial charge < -0.3 is 15.0 Å². The first kappa shape index (κ1) is 11.6. The van der Waals surface area contributed by atoms with Crippen LogP contribution in [0.25, 0.3) is 0 Å². The molecule has 0 fully saturated rings. The van der Waals surface area contributed by atoms with E-state index in [0.717, 1.165) is 5.75 Å². The van der Waals surface area contributed by atoms with Crippen LogP contribution in [-0.4, -0.2) is 16.7 Å². The summed E-state index contributed by atoms with van der Waals surface area (Å²) in [6.07, 6.45) is 0.584. The molecule has 1 aromatic carbocycles. The minimum atomic E-state index is 0.294. The zero-order chi connectivity index (χ0) is 12.1. The molecule has 0 aliphatic rings. The maximum atomic E-state index is 5.57. The molecule has 2 rings (SSSR count). The van der Waals surface area contributed by atoms with Crippen LogP contribution in [0, 0.1) is 6.92 Å². The Kier molecular flexibility index (Phi) is 3.72. The summed E-state index contributed by atoms with van der Waals surface area (Å²) in [6, 6.07) is 7.90. The van der Waals surface area contributed by atoms with Gasteiger partial charge in [-0.25, -0.2) is 0 Å². The van der Waals surface area contributed by atoms with Crippen LogP contribution in [0.4, 0.5) is 0 Å². The molecule has 0 radical (unpaired) electrons. The topological polar surface area (TPSA) is 74.2 Å². The minimum Gasteiger partial charge on any atom is -0.493 e. The Morgan fingerprint density at radius 2 is 2.29 bits per heavy atom. The number of benzene rings is 1. The van der Waals surface area contributed by atoms with Crippen molar-refractivity contribution in [2.24, 2.45) is 5.73 Å². The Bertz CT molecular complexity index is 482. The number of nitrogens with zero attached hydrogens (tertiary/aromatic N) is 2. The average Bonchev–Trinajstić information content (AvgIpc) is 2.77. The van der Waals surface area contributed by atoms with Crippen molar-refractivity contribution >= 4 is 0 Å². The van der Waals surface area contributed by atoms with E-state index < -0.39 is 0 Å². The van der Waals surface area contributed by atoms with Crippen molar-refractivity contribution < 1.29 is 9.26 Å². The zero-order valence-electron chi connectivity index (χ0n) is 9.72. The fraction of sp³-hybridized carbons (Fsp3) is 0.333. The Hall–Kier alpha value is -1.88. The van der Waals surface area contributed by atoms with Crippen molar-refractivity contribution in [2.75, 3.05) is 6.61 Å². The second-order valence-corrected chi connectivity index (χ2v) is 3.72. The molecule has 0 aliphatic carbocycles. The van der Waals surface area contributed by atoms with Crippen molar-refractivity contribution in [2.45, 2.75) is 19.9 Å². The lowest BCUT2D eigenvalue weighted by atomic mass is 10.2. The Labute approximate surface area is 99.6 Å². The summed E-state index contributed by atoms with van der Waals surface area (Å²) in [5.74, 6) is 1.93. The quantitative estimate of drug-likeness (QED) is 0.846. The van der Waals surface area contributed by atoms with E-state index in [1.165, 1.54) is 5.56 Å². The van der Waals surface area contributed by atoms with Crippen LogP contribution in [-0.2, 0) is 13.0 Å². The van der Waals surface area contributed by atoms with Crippen LogP contribution >= 0.6 is 0 Å². The molecule has 0 saturated carbocycles. The molecule has 0 spiro atoms. The highest BCUT2D eigenvalue weighted by molar-refractivity contribution is 5.27. The summed E-state index contributed by atoms with van der Waals surface area (Å²) in [5, 5.41) is 3.71. The van der Waals surface area contributed by atoms with Crippen molar-refractivity contribution in [3.8, 4) is 5.75 Å². The van der Waals surface area contributed by atoms with E-state index in [2.05, 4.69) is 10.1 Å². The summed E-state index contributed by atoms with van der Waals surface area (Å²) in [6.45, 7) is 2.83. The molecule has 2 aromatic rings. The van der Waals surface area contributed by atoms with E-state index >= 15 is 0 Å². The normalized spacial score (nSPS) is 10.5. The summed E-state index contributed by atoms with van der Waals surface area (Å²) in [4.78, 5) is 4.09. The van der Waals surface area contributed by atoms with Gasteiger partial charge >= 0.3 is 0 Å². The van der Waals surface area contributed by atoms with E-state index in [9.17, 15) is 0 Å². The predicted octanol–water partition coefficient (Wildman–Crippen LogP) is 1.46. The molecule has 17 heavy (non-hydrogen) atoms. The first-order chi connectivity index (χ1) is 8.28. The molecule has 5 heteroatoms. The molecular formula is C12H15N3O2. The van der Waals surface area contributed by atoms with E-state index in [4.69, 9.17) is 15.0 Å². The summed E-state index contributed by atoms with van der Waals surface area (Å²) in [5.41, 5.74) is 6.56. The summed E-state index contributed by atoms with van der Waals surface area (Å²) in [7, 11) is 0. The van der Waals surface area contributed by atoms with Gasteiger partial charge in [-0.15, -0.1) is 0 Å². The van der Waals surface area contributed by atoms with E-state index in [-0.39, 0.29) is 0 Å². The van der Waals surface area contributed by atoms with Gasteiger partial charge in [-0.05, 0) is 24.6 Å². The number of ether oxygens (including phenoxy) is 1. The van der Waals surface area contributed by atoms with Crippen LogP contribution in [0.1, 0.15) is 17.3 Å². The molecule has 0 bridgehead atoms. The number of rotatable bonds is 5. The van der Waals surface area contributed by atoms with Gasteiger partial charge in [0.05, 0.1) is 19.6 Å². The molecule has 0 unspecified atom stereocenters. The molecule has 1 aromatic heterocycles. The number of nitrogens with two attached hydrogens (primary N) is 1. The van der Waals surface area contributed by atoms with Gasteiger partial charge in [-0.3, -0.25) is 0 Å². The first-order valence-corrected chi connectivity index (χ1v) is 5.49. The van der Waals surface area contributed by atoms with Crippen LogP contribution in [0.15, 0.2) is 28.8 Å². The summed E-state index contributed by atoms with van der Waals surface area (Å²) >= 11 is 0. The molecule has 0 amide bonds. The van der Waals surface area contributed by atoms with Gasteiger partial charge in [-0.1, -0.05) is 17.3 Å². The van der Waals surface area contributed by atoms with Gasteiger partial charge in [0.2, 0.25) is 5.89 Å². The number of aromatic nitrogens is 2. The van der Waals surface area contributed by atoms with Crippen molar-refractivity contribution in [3.63, 3.8) is 0 Å². The van der Waals surface area contributed by atoms with Gasteiger partial charge in [0.1, 0.15) is 5.75 Å². The first-order valence-electron chi connectivity index (χ1n) is 5.49. The highest BCUT2D eigenvalue weighted by atomic mass is 16.5. The average molecular weight is 233 g/mol. The smallest absolute Gasteiger partial charge is 0.230 e. The number of aryl methyl sites for hydroxylation is 1. The molecule has 5 nitrogen and oxygen atoms in total. The van der Waals surface area contributed by atoms with Crippen molar-refractivity contribution in [1.29, 1.82) is 0 Å². The Balaban J connectivity index is 1.83. The molecule has 2 N–H and O–H groups in total. The van der Waals surface area contributed by atoms with Gasteiger partial charge in [0, 0.05) is 0 Å². The fourth-order valence-corrected chi connectivity index (χ4v) is 1.44. The maximum Gasteiger partial charge on any atom is 0.230 e. The van der Waals surface area contributed by atoms with Crippen LogP contribution in [0.2, 0.25) is 0 Å². The van der Waals surface area contributed by atoms with Crippen molar-refractivity contribution in [3.05, 3.63) is 41.5 Å². The molecule has 90 valence electrons. The third kappa shape index (κ3) is 3.29. The largest absolute Gasteiger partial charge is 0.493 e. The van der Waals surface area contributed by atoms with E-state index in [0.29, 0.717) is 31.3 Å². The monoisotopic (exact) mass is 233 g/mol. The fourth-order valence-electron chi connectivity index (χ4n) is 1.44. The molecule has 0 aliphatic heterocycles. The van der Waals surface area contributed by atoms with Crippen molar-refractivity contribution in [1.82, 2.24) is 10.1 Å².